The average Bonchev–Trinajstić information content (AvgIpc) is 2.77. The number of ether oxygens (including phenoxy) is 1. The molecule has 5 heteroatoms. The summed E-state index contributed by atoms with van der Waals surface area (Å²) in [6.07, 6.45) is 3.14. The number of aromatic nitrogens is 1. The maximum Gasteiger partial charge on any atom is 0.410 e. The highest BCUT2D eigenvalue weighted by Crippen LogP contribution is 2.07. The summed E-state index contributed by atoms with van der Waals surface area (Å²) in [4.78, 5) is 24.2. The number of hydrogen-bond donors (Lipinski definition) is 0. The molecule has 0 unspecified atom stereocenters. The highest BCUT2D eigenvalue weighted by molar-refractivity contribution is 5.98. The van der Waals surface area contributed by atoms with E-state index in [1.165, 1.54) is 4.90 Å². The summed E-state index contributed by atoms with van der Waals surface area (Å²) in [5.41, 5.74) is 0.622. The zero-order chi connectivity index (χ0) is 10.8. The molecule has 5 nitrogen and oxygen atoms in total. The van der Waals surface area contributed by atoms with Gasteiger partial charge >= 0.3 is 6.09 Å². The quantitative estimate of drug-likeness (QED) is 0.686. The van der Waals surface area contributed by atoms with Gasteiger partial charge in [-0.1, -0.05) is 0 Å². The molecular weight excluding hydrogens is 196 g/mol. The lowest BCUT2D eigenvalue weighted by atomic mass is 10.2. The van der Waals surface area contributed by atoms with E-state index in [0.717, 1.165) is 0 Å². The molecule has 0 radical (unpaired) electrons. The fourth-order valence-corrected chi connectivity index (χ4v) is 1.50. The molecule has 80 valence electrons. The molecule has 1 aromatic heterocycles. The Hall–Kier alpha value is -1.78. The molecule has 0 N–H and O–H groups in total. The third-order valence-corrected chi connectivity index (χ3v) is 2.33. The normalized spacial score (nSPS) is 15.5. The molecule has 2 rings (SSSR count). The molecule has 1 aliphatic rings. The van der Waals surface area contributed by atoms with Crippen LogP contribution < -0.4 is 0 Å². The van der Waals surface area contributed by atoms with Gasteiger partial charge in [0, 0.05) is 25.0 Å². The van der Waals surface area contributed by atoms with Crippen molar-refractivity contribution in [3.63, 3.8) is 0 Å². The second-order valence-electron chi connectivity index (χ2n) is 3.52. The Balaban J connectivity index is 2.00. The Labute approximate surface area is 87.2 Å². The van der Waals surface area contributed by atoms with Crippen LogP contribution in [0.3, 0.4) is 0 Å². The first-order chi connectivity index (χ1) is 7.16. The number of amides is 1. The zero-order valence-electron chi connectivity index (χ0n) is 8.47. The summed E-state index contributed by atoms with van der Waals surface area (Å²) < 4.78 is 6.54. The summed E-state index contributed by atoms with van der Waals surface area (Å²) >= 11 is 0. The maximum atomic E-state index is 11.7. The van der Waals surface area contributed by atoms with Crippen LogP contribution in [0, 0.1) is 0 Å². The first-order valence-electron chi connectivity index (χ1n) is 4.73. The lowest BCUT2D eigenvalue weighted by Gasteiger charge is -2.09. The van der Waals surface area contributed by atoms with E-state index in [1.807, 2.05) is 7.05 Å². The molecular formula is C10H12N2O3. The second-order valence-corrected chi connectivity index (χ2v) is 3.52. The van der Waals surface area contributed by atoms with Crippen molar-refractivity contribution in [1.82, 2.24) is 9.47 Å². The lowest BCUT2D eigenvalue weighted by Crippen LogP contribution is -2.30. The monoisotopic (exact) mass is 208 g/mol. The molecule has 2 heterocycles. The molecule has 0 bridgehead atoms. The summed E-state index contributed by atoms with van der Waals surface area (Å²) in [5, 5.41) is 0. The van der Waals surface area contributed by atoms with Crippen molar-refractivity contribution < 1.29 is 14.3 Å². The van der Waals surface area contributed by atoms with E-state index in [2.05, 4.69) is 0 Å². The van der Waals surface area contributed by atoms with E-state index < -0.39 is 6.09 Å². The van der Waals surface area contributed by atoms with Gasteiger partial charge in [-0.2, -0.15) is 0 Å². The SMILES string of the molecule is Cn1ccc(C(=O)CN2CCOC2=O)c1. The second kappa shape index (κ2) is 3.76. The van der Waals surface area contributed by atoms with Crippen LogP contribution >= 0.6 is 0 Å². The highest BCUT2D eigenvalue weighted by Gasteiger charge is 2.24. The fourth-order valence-electron chi connectivity index (χ4n) is 1.50. The van der Waals surface area contributed by atoms with E-state index in [1.54, 1.807) is 23.0 Å². The van der Waals surface area contributed by atoms with Gasteiger partial charge in [-0.3, -0.25) is 9.69 Å². The van der Waals surface area contributed by atoms with E-state index in [4.69, 9.17) is 4.74 Å². The van der Waals surface area contributed by atoms with Gasteiger partial charge < -0.3 is 9.30 Å². The highest BCUT2D eigenvalue weighted by atomic mass is 16.6. The van der Waals surface area contributed by atoms with Crippen LogP contribution in [-0.4, -0.2) is 41.0 Å². The van der Waals surface area contributed by atoms with Crippen molar-refractivity contribution in [2.24, 2.45) is 7.05 Å². The Morgan fingerprint density at radius 3 is 2.93 bits per heavy atom. The number of aryl methyl sites for hydroxylation is 1. The number of nitrogens with zero attached hydrogens (tertiary/aromatic N) is 2. The molecule has 0 aromatic carbocycles. The van der Waals surface area contributed by atoms with Crippen molar-refractivity contribution >= 4 is 11.9 Å². The van der Waals surface area contributed by atoms with Gasteiger partial charge in [0.15, 0.2) is 5.78 Å². The van der Waals surface area contributed by atoms with E-state index in [0.29, 0.717) is 18.7 Å². The maximum absolute atomic E-state index is 11.7. The predicted molar refractivity (Wildman–Crippen MR) is 52.7 cm³/mol. The van der Waals surface area contributed by atoms with Gasteiger partial charge in [-0.15, -0.1) is 0 Å². The third-order valence-electron chi connectivity index (χ3n) is 2.33. The molecule has 0 spiro atoms. The summed E-state index contributed by atoms with van der Waals surface area (Å²) in [6.45, 7) is 0.973. The molecule has 1 saturated heterocycles. The first kappa shape index (κ1) is 9.76. The minimum absolute atomic E-state index is 0.0607. The number of carbonyl (C=O) groups is 2. The predicted octanol–water partition coefficient (Wildman–Crippen LogP) is 0.660. The largest absolute Gasteiger partial charge is 0.448 e. The van der Waals surface area contributed by atoms with Gasteiger partial charge in [0.25, 0.3) is 0 Å². The van der Waals surface area contributed by atoms with Crippen molar-refractivity contribution in [2.75, 3.05) is 19.7 Å². The molecule has 0 saturated carbocycles. The van der Waals surface area contributed by atoms with Crippen molar-refractivity contribution in [3.05, 3.63) is 24.0 Å². The Morgan fingerprint density at radius 1 is 1.60 bits per heavy atom. The number of ketones is 1. The average molecular weight is 208 g/mol. The topological polar surface area (TPSA) is 51.5 Å². The van der Waals surface area contributed by atoms with E-state index in [-0.39, 0.29) is 12.3 Å². The van der Waals surface area contributed by atoms with Crippen LogP contribution in [-0.2, 0) is 11.8 Å². The first-order valence-corrected chi connectivity index (χ1v) is 4.73. The van der Waals surface area contributed by atoms with Crippen LogP contribution in [0.1, 0.15) is 10.4 Å². The van der Waals surface area contributed by atoms with Crippen molar-refractivity contribution in [1.29, 1.82) is 0 Å². The Kier molecular flexibility index (Phi) is 2.45. The molecule has 1 aromatic rings. The van der Waals surface area contributed by atoms with E-state index >= 15 is 0 Å². The van der Waals surface area contributed by atoms with Gasteiger partial charge in [0.1, 0.15) is 6.61 Å². The van der Waals surface area contributed by atoms with Gasteiger partial charge in [0.05, 0.1) is 13.1 Å². The molecule has 0 atom stereocenters. The van der Waals surface area contributed by atoms with Crippen LogP contribution in [0.25, 0.3) is 0 Å². The summed E-state index contributed by atoms with van der Waals surface area (Å²) in [7, 11) is 1.85. The van der Waals surface area contributed by atoms with Crippen molar-refractivity contribution in [2.45, 2.75) is 0 Å². The van der Waals surface area contributed by atoms with Crippen molar-refractivity contribution in [3.8, 4) is 0 Å². The van der Waals surface area contributed by atoms with Crippen LogP contribution in [0.15, 0.2) is 18.5 Å². The smallest absolute Gasteiger partial charge is 0.410 e. The zero-order valence-corrected chi connectivity index (χ0v) is 8.47. The van der Waals surface area contributed by atoms with E-state index in [9.17, 15) is 9.59 Å². The van der Waals surface area contributed by atoms with Gasteiger partial charge in [-0.25, -0.2) is 4.79 Å². The lowest BCUT2D eigenvalue weighted by molar-refractivity contribution is 0.0943. The molecule has 1 fully saturated rings. The third kappa shape index (κ3) is 2.01. The van der Waals surface area contributed by atoms with Crippen LogP contribution in [0.5, 0.6) is 0 Å². The molecule has 1 amide bonds. The Morgan fingerprint density at radius 2 is 2.40 bits per heavy atom. The minimum Gasteiger partial charge on any atom is -0.448 e. The minimum atomic E-state index is -0.403. The standard InChI is InChI=1S/C10H12N2O3/c1-11-3-2-8(6-11)9(13)7-12-4-5-15-10(12)14/h2-3,6H,4-5,7H2,1H3. The Bertz CT molecular complexity index is 397. The number of cyclic esters (lactones) is 1. The van der Waals surface area contributed by atoms with Gasteiger partial charge in [-0.05, 0) is 6.07 Å². The number of rotatable bonds is 3. The molecule has 0 aliphatic carbocycles. The molecule has 15 heavy (non-hydrogen) atoms. The summed E-state index contributed by atoms with van der Waals surface area (Å²) in [6, 6.07) is 1.74. The number of hydrogen-bond acceptors (Lipinski definition) is 3. The number of Topliss-reactive ketones (excluding diaryl/α,β-unsaturated/α-hetero) is 1. The fraction of sp³-hybridized carbons (Fsp3) is 0.400. The van der Waals surface area contributed by atoms with Crippen LogP contribution in [0.4, 0.5) is 4.79 Å². The van der Waals surface area contributed by atoms with Crippen LogP contribution in [0.2, 0.25) is 0 Å². The number of carbonyl (C=O) groups excluding carboxylic acids is 2. The summed E-state index contributed by atoms with van der Waals surface area (Å²) in [5.74, 6) is -0.0607. The van der Waals surface area contributed by atoms with Gasteiger partial charge in [0.2, 0.25) is 0 Å². The molecule has 1 aliphatic heterocycles.